The van der Waals surface area contributed by atoms with Gasteiger partial charge in [-0.3, -0.25) is 0 Å². The van der Waals surface area contributed by atoms with Crippen molar-refractivity contribution in [3.63, 3.8) is 0 Å². The molecule has 0 aliphatic heterocycles. The highest BCUT2D eigenvalue weighted by Gasteiger charge is 2.17. The van der Waals surface area contributed by atoms with Gasteiger partial charge in [-0.1, -0.05) is 36.2 Å². The average molecular weight is 312 g/mol. The van der Waals surface area contributed by atoms with Gasteiger partial charge in [0, 0.05) is 17.1 Å². The first-order valence-electron chi connectivity index (χ1n) is 6.80. The van der Waals surface area contributed by atoms with Crippen LogP contribution in [0.1, 0.15) is 38.7 Å². The van der Waals surface area contributed by atoms with Gasteiger partial charge in [-0.2, -0.15) is 0 Å². The molecular formula is C15H22BrNO. The average Bonchev–Trinajstić information content (AvgIpc) is 2.27. The summed E-state index contributed by atoms with van der Waals surface area (Å²) in [7, 11) is 0. The van der Waals surface area contributed by atoms with Gasteiger partial charge in [0.05, 0.1) is 6.61 Å². The monoisotopic (exact) mass is 311 g/mol. The van der Waals surface area contributed by atoms with Crippen LogP contribution in [0, 0.1) is 5.92 Å². The quantitative estimate of drug-likeness (QED) is 0.853. The molecular weight excluding hydrogens is 290 g/mol. The van der Waals surface area contributed by atoms with Gasteiger partial charge in [0.1, 0.15) is 5.75 Å². The fourth-order valence-electron chi connectivity index (χ4n) is 1.96. The van der Waals surface area contributed by atoms with Crippen LogP contribution in [0.4, 0.5) is 0 Å². The molecule has 0 unspecified atom stereocenters. The maximum atomic E-state index is 5.86. The molecule has 100 valence electrons. The molecule has 1 N–H and O–H groups in total. The molecule has 2 nitrogen and oxygen atoms in total. The van der Waals surface area contributed by atoms with Crippen LogP contribution in [0.15, 0.2) is 22.7 Å². The third kappa shape index (κ3) is 3.99. The van der Waals surface area contributed by atoms with Crippen molar-refractivity contribution < 1.29 is 4.74 Å². The Morgan fingerprint density at radius 2 is 2.17 bits per heavy atom. The van der Waals surface area contributed by atoms with Crippen molar-refractivity contribution in [2.75, 3.05) is 6.61 Å². The highest BCUT2D eigenvalue weighted by atomic mass is 79.9. The number of hydrogen-bond donors (Lipinski definition) is 1. The van der Waals surface area contributed by atoms with Crippen LogP contribution in [0.2, 0.25) is 0 Å². The normalized spacial score (nSPS) is 15.8. The van der Waals surface area contributed by atoms with E-state index in [2.05, 4.69) is 47.2 Å². The Morgan fingerprint density at radius 1 is 1.39 bits per heavy atom. The molecule has 18 heavy (non-hydrogen) atoms. The summed E-state index contributed by atoms with van der Waals surface area (Å²) < 4.78 is 7.01. The van der Waals surface area contributed by atoms with E-state index in [1.165, 1.54) is 24.8 Å². The fourth-order valence-corrected chi connectivity index (χ4v) is 2.35. The molecule has 0 radical (unpaired) electrons. The zero-order chi connectivity index (χ0) is 13.0. The lowest BCUT2D eigenvalue weighted by Crippen LogP contribution is -2.22. The van der Waals surface area contributed by atoms with Crippen LogP contribution >= 0.6 is 15.9 Å². The number of hydrogen-bond acceptors (Lipinski definition) is 2. The zero-order valence-corrected chi connectivity index (χ0v) is 12.8. The number of nitrogens with one attached hydrogen (secondary N) is 1. The summed E-state index contributed by atoms with van der Waals surface area (Å²) in [5.74, 6) is 1.77. The van der Waals surface area contributed by atoms with Crippen LogP contribution in [-0.4, -0.2) is 12.6 Å². The van der Waals surface area contributed by atoms with E-state index in [9.17, 15) is 0 Å². The van der Waals surface area contributed by atoms with E-state index in [1.807, 2.05) is 6.07 Å². The van der Waals surface area contributed by atoms with Crippen molar-refractivity contribution in [1.82, 2.24) is 5.32 Å². The molecule has 1 fully saturated rings. The van der Waals surface area contributed by atoms with Gasteiger partial charge in [0.2, 0.25) is 0 Å². The van der Waals surface area contributed by atoms with Crippen molar-refractivity contribution >= 4 is 15.9 Å². The zero-order valence-electron chi connectivity index (χ0n) is 11.2. The molecule has 1 saturated carbocycles. The number of ether oxygens (including phenoxy) is 1. The van der Waals surface area contributed by atoms with Crippen molar-refractivity contribution in [2.45, 2.75) is 45.7 Å². The molecule has 1 aromatic rings. The Labute approximate surface area is 118 Å². The van der Waals surface area contributed by atoms with Crippen molar-refractivity contribution in [1.29, 1.82) is 0 Å². The van der Waals surface area contributed by atoms with Crippen molar-refractivity contribution in [3.8, 4) is 5.75 Å². The summed E-state index contributed by atoms with van der Waals surface area (Å²) >= 11 is 3.59. The molecule has 0 spiro atoms. The minimum absolute atomic E-state index is 0.497. The molecule has 0 saturated heterocycles. The molecule has 0 atom stereocenters. The second-order valence-corrected chi connectivity index (χ2v) is 6.25. The second-order valence-electron chi connectivity index (χ2n) is 5.40. The molecule has 1 aliphatic carbocycles. The summed E-state index contributed by atoms with van der Waals surface area (Å²) in [4.78, 5) is 0. The first-order valence-corrected chi connectivity index (χ1v) is 7.59. The van der Waals surface area contributed by atoms with Gasteiger partial charge in [0.15, 0.2) is 0 Å². The third-order valence-corrected chi connectivity index (χ3v) is 4.20. The lowest BCUT2D eigenvalue weighted by Gasteiger charge is -2.25. The smallest absolute Gasteiger partial charge is 0.119 e. The number of benzene rings is 1. The molecule has 0 heterocycles. The van der Waals surface area contributed by atoms with Gasteiger partial charge >= 0.3 is 0 Å². The summed E-state index contributed by atoms with van der Waals surface area (Å²) in [6.07, 6.45) is 4.04. The molecule has 0 amide bonds. The van der Waals surface area contributed by atoms with Crippen LogP contribution in [-0.2, 0) is 6.54 Å². The highest BCUT2D eigenvalue weighted by molar-refractivity contribution is 9.10. The fraction of sp³-hybridized carbons (Fsp3) is 0.600. The maximum absolute atomic E-state index is 5.86. The van der Waals surface area contributed by atoms with Crippen LogP contribution < -0.4 is 10.1 Å². The molecule has 3 heteroatoms. The predicted octanol–water partition coefficient (Wildman–Crippen LogP) is 4.13. The standard InChI is InChI=1S/C15H22BrNO/c1-11(2)17-9-13-8-14(6-7-15(13)16)18-10-12-4-3-5-12/h6-8,11-12,17H,3-5,9-10H2,1-2H3. The first-order chi connectivity index (χ1) is 8.65. The summed E-state index contributed by atoms with van der Waals surface area (Å²) in [5.41, 5.74) is 1.26. The van der Waals surface area contributed by atoms with Gasteiger partial charge in [-0.05, 0) is 42.5 Å². The lowest BCUT2D eigenvalue weighted by molar-refractivity contribution is 0.180. The summed E-state index contributed by atoms with van der Waals surface area (Å²) in [6.45, 7) is 6.06. The highest BCUT2D eigenvalue weighted by Crippen LogP contribution is 2.28. The van der Waals surface area contributed by atoms with Gasteiger partial charge in [-0.25, -0.2) is 0 Å². The molecule has 1 aromatic carbocycles. The van der Waals surface area contributed by atoms with Crippen LogP contribution in [0.5, 0.6) is 5.75 Å². The molecule has 0 aromatic heterocycles. The largest absolute Gasteiger partial charge is 0.493 e. The van der Waals surface area contributed by atoms with Crippen LogP contribution in [0.3, 0.4) is 0 Å². The minimum atomic E-state index is 0.497. The van der Waals surface area contributed by atoms with Gasteiger partial charge in [0.25, 0.3) is 0 Å². The number of rotatable bonds is 6. The van der Waals surface area contributed by atoms with Crippen LogP contribution in [0.25, 0.3) is 0 Å². The molecule has 1 aliphatic rings. The Balaban J connectivity index is 1.91. The van der Waals surface area contributed by atoms with Gasteiger partial charge < -0.3 is 10.1 Å². The van der Waals surface area contributed by atoms with E-state index in [1.54, 1.807) is 0 Å². The van der Waals surface area contributed by atoms with Gasteiger partial charge in [-0.15, -0.1) is 0 Å². The molecule has 0 bridgehead atoms. The Bertz CT molecular complexity index is 388. The second kappa shape index (κ2) is 6.58. The maximum Gasteiger partial charge on any atom is 0.119 e. The van der Waals surface area contributed by atoms with E-state index < -0.39 is 0 Å². The van der Waals surface area contributed by atoms with E-state index in [0.717, 1.165) is 29.3 Å². The Hall–Kier alpha value is -0.540. The molecule has 2 rings (SSSR count). The lowest BCUT2D eigenvalue weighted by atomic mass is 9.86. The SMILES string of the molecule is CC(C)NCc1cc(OCC2CCC2)ccc1Br. The van der Waals surface area contributed by atoms with E-state index in [4.69, 9.17) is 4.74 Å². The predicted molar refractivity (Wildman–Crippen MR) is 79.0 cm³/mol. The van der Waals surface area contributed by atoms with E-state index in [-0.39, 0.29) is 0 Å². The first kappa shape index (κ1) is 13.9. The Morgan fingerprint density at radius 3 is 2.78 bits per heavy atom. The van der Waals surface area contributed by atoms with Crippen molar-refractivity contribution in [2.24, 2.45) is 5.92 Å². The summed E-state index contributed by atoms with van der Waals surface area (Å²) in [5, 5.41) is 3.43. The summed E-state index contributed by atoms with van der Waals surface area (Å²) in [6, 6.07) is 6.75. The third-order valence-electron chi connectivity index (χ3n) is 3.43. The topological polar surface area (TPSA) is 21.3 Å². The van der Waals surface area contributed by atoms with E-state index >= 15 is 0 Å². The number of halogens is 1. The Kier molecular flexibility index (Phi) is 5.07. The van der Waals surface area contributed by atoms with Crippen molar-refractivity contribution in [3.05, 3.63) is 28.2 Å². The minimum Gasteiger partial charge on any atom is -0.493 e. The van der Waals surface area contributed by atoms with E-state index in [0.29, 0.717) is 6.04 Å².